The van der Waals surface area contributed by atoms with Gasteiger partial charge < -0.3 is 11.1 Å². The smallest absolute Gasteiger partial charge is 0.125 e. The molecule has 0 spiro atoms. The van der Waals surface area contributed by atoms with Crippen molar-refractivity contribution in [2.24, 2.45) is 0 Å². The fourth-order valence-electron chi connectivity index (χ4n) is 2.52. The summed E-state index contributed by atoms with van der Waals surface area (Å²) in [4.78, 5) is 8.83. The first-order chi connectivity index (χ1) is 10.6. The molecule has 0 fully saturated rings. The Morgan fingerprint density at radius 3 is 2.64 bits per heavy atom. The van der Waals surface area contributed by atoms with Crippen molar-refractivity contribution >= 4 is 17.5 Å². The van der Waals surface area contributed by atoms with Crippen molar-refractivity contribution < 1.29 is 0 Å². The highest BCUT2D eigenvalue weighted by molar-refractivity contribution is 6.03. The van der Waals surface area contributed by atoms with Crippen molar-refractivity contribution in [2.45, 2.75) is 34.1 Å². The second-order valence-corrected chi connectivity index (χ2v) is 5.04. The number of nitrogens with zero attached hydrogens (tertiary/aromatic N) is 2. The number of benzene rings is 1. The van der Waals surface area contributed by atoms with Gasteiger partial charge in [0.2, 0.25) is 0 Å². The van der Waals surface area contributed by atoms with Crippen LogP contribution in [0.5, 0.6) is 0 Å². The summed E-state index contributed by atoms with van der Waals surface area (Å²) in [7, 11) is 0. The molecule has 0 saturated heterocycles. The lowest BCUT2D eigenvalue weighted by atomic mass is 9.95. The van der Waals surface area contributed by atoms with Gasteiger partial charge in [-0.25, -0.2) is 9.97 Å². The molecule has 22 heavy (non-hydrogen) atoms. The molecule has 1 aliphatic carbocycles. The number of hydrogen-bond donors (Lipinski definition) is 2. The second kappa shape index (κ2) is 6.52. The van der Waals surface area contributed by atoms with Gasteiger partial charge >= 0.3 is 0 Å². The molecule has 0 aliphatic heterocycles. The Kier molecular flexibility index (Phi) is 4.71. The quantitative estimate of drug-likeness (QED) is 0.616. The topological polar surface area (TPSA) is 75.7 Å². The fraction of sp³-hybridized carbons (Fsp3) is 0.278. The SMILES string of the molecule is CC.CC(=N)c1cc2c(cc1N)C=CCc1nc(C)ncc1-2. The number of aromatic nitrogens is 2. The molecule has 0 saturated carbocycles. The van der Waals surface area contributed by atoms with Crippen LogP contribution < -0.4 is 5.73 Å². The third-order valence-corrected chi connectivity index (χ3v) is 3.51. The van der Waals surface area contributed by atoms with Crippen LogP contribution in [0.2, 0.25) is 0 Å². The van der Waals surface area contributed by atoms with E-state index in [1.165, 1.54) is 0 Å². The molecule has 4 heteroatoms. The van der Waals surface area contributed by atoms with Gasteiger partial charge in [0.15, 0.2) is 0 Å². The van der Waals surface area contributed by atoms with Crippen molar-refractivity contribution in [3.05, 3.63) is 47.1 Å². The van der Waals surface area contributed by atoms with Gasteiger partial charge in [0.1, 0.15) is 5.82 Å². The molecule has 4 nitrogen and oxygen atoms in total. The van der Waals surface area contributed by atoms with Gasteiger partial charge in [-0.05, 0) is 37.1 Å². The normalized spacial score (nSPS) is 11.6. The van der Waals surface area contributed by atoms with Crippen LogP contribution in [0.3, 0.4) is 0 Å². The molecule has 0 atom stereocenters. The number of rotatable bonds is 1. The zero-order chi connectivity index (χ0) is 16.3. The molecule has 0 radical (unpaired) electrons. The Morgan fingerprint density at radius 1 is 1.23 bits per heavy atom. The summed E-state index contributed by atoms with van der Waals surface area (Å²) < 4.78 is 0. The van der Waals surface area contributed by atoms with Crippen molar-refractivity contribution in [3.63, 3.8) is 0 Å². The van der Waals surface area contributed by atoms with Crippen LogP contribution in [0.15, 0.2) is 24.4 Å². The molecule has 2 aromatic rings. The van der Waals surface area contributed by atoms with Crippen molar-refractivity contribution in [2.75, 3.05) is 5.73 Å². The van der Waals surface area contributed by atoms with Gasteiger partial charge in [-0.3, -0.25) is 0 Å². The molecule has 3 rings (SSSR count). The predicted octanol–water partition coefficient (Wildman–Crippen LogP) is 4.02. The minimum absolute atomic E-state index is 0.466. The Balaban J connectivity index is 0.000000847. The maximum Gasteiger partial charge on any atom is 0.125 e. The number of nitrogens with one attached hydrogen (secondary N) is 1. The van der Waals surface area contributed by atoms with Gasteiger partial charge in [-0.15, -0.1) is 0 Å². The molecule has 0 bridgehead atoms. The number of anilines is 1. The van der Waals surface area contributed by atoms with Crippen LogP contribution in [0.25, 0.3) is 17.2 Å². The van der Waals surface area contributed by atoms with E-state index in [9.17, 15) is 0 Å². The average Bonchev–Trinajstić information content (AvgIpc) is 2.66. The first kappa shape index (κ1) is 15.9. The lowest BCUT2D eigenvalue weighted by Crippen LogP contribution is -2.03. The van der Waals surface area contributed by atoms with E-state index in [2.05, 4.69) is 22.1 Å². The predicted molar refractivity (Wildman–Crippen MR) is 93.2 cm³/mol. The highest BCUT2D eigenvalue weighted by Crippen LogP contribution is 2.33. The lowest BCUT2D eigenvalue weighted by molar-refractivity contribution is 0.987. The van der Waals surface area contributed by atoms with Crippen molar-refractivity contribution in [1.82, 2.24) is 9.97 Å². The highest BCUT2D eigenvalue weighted by atomic mass is 14.9. The molecule has 1 aromatic heterocycles. The number of allylic oxidation sites excluding steroid dienone is 1. The Morgan fingerprint density at radius 2 is 1.95 bits per heavy atom. The maximum absolute atomic E-state index is 7.84. The van der Waals surface area contributed by atoms with Gasteiger partial charge in [0.05, 0.1) is 5.69 Å². The number of nitrogen functional groups attached to an aromatic ring is 1. The summed E-state index contributed by atoms with van der Waals surface area (Å²) in [6.45, 7) is 7.64. The Labute approximate surface area is 131 Å². The van der Waals surface area contributed by atoms with E-state index < -0.39 is 0 Å². The van der Waals surface area contributed by atoms with E-state index in [0.717, 1.165) is 40.2 Å². The largest absolute Gasteiger partial charge is 0.398 e. The summed E-state index contributed by atoms with van der Waals surface area (Å²) in [5, 5.41) is 7.84. The van der Waals surface area contributed by atoms with Crippen LogP contribution in [0.4, 0.5) is 5.69 Å². The molecular weight excluding hydrogens is 272 g/mol. The first-order valence-corrected chi connectivity index (χ1v) is 7.54. The Bertz CT molecular complexity index is 745. The third-order valence-electron chi connectivity index (χ3n) is 3.51. The minimum Gasteiger partial charge on any atom is -0.398 e. The zero-order valence-electron chi connectivity index (χ0n) is 13.6. The van der Waals surface area contributed by atoms with Crippen LogP contribution >= 0.6 is 0 Å². The van der Waals surface area contributed by atoms with Crippen LogP contribution in [-0.4, -0.2) is 15.7 Å². The van der Waals surface area contributed by atoms with Crippen molar-refractivity contribution in [1.29, 1.82) is 5.41 Å². The van der Waals surface area contributed by atoms with E-state index in [1.54, 1.807) is 6.92 Å². The third kappa shape index (κ3) is 2.91. The monoisotopic (exact) mass is 294 g/mol. The summed E-state index contributed by atoms with van der Waals surface area (Å²) >= 11 is 0. The molecule has 1 aromatic carbocycles. The second-order valence-electron chi connectivity index (χ2n) is 5.04. The van der Waals surface area contributed by atoms with Crippen LogP contribution in [-0.2, 0) is 6.42 Å². The summed E-state index contributed by atoms with van der Waals surface area (Å²) in [5.74, 6) is 0.777. The maximum atomic E-state index is 7.84. The molecular formula is C18H22N4. The number of nitrogens with two attached hydrogens (primary N) is 1. The Hall–Kier alpha value is -2.49. The van der Waals surface area contributed by atoms with Gasteiger partial charge in [-0.2, -0.15) is 0 Å². The van der Waals surface area contributed by atoms with Crippen molar-refractivity contribution in [3.8, 4) is 11.1 Å². The molecule has 0 amide bonds. The van der Waals surface area contributed by atoms with Gasteiger partial charge in [-0.1, -0.05) is 26.0 Å². The van der Waals surface area contributed by atoms with E-state index in [4.69, 9.17) is 11.1 Å². The zero-order valence-corrected chi connectivity index (χ0v) is 13.6. The summed E-state index contributed by atoms with van der Waals surface area (Å²) in [5.41, 5.74) is 12.1. The number of hydrogen-bond acceptors (Lipinski definition) is 4. The molecule has 1 aliphatic rings. The molecule has 0 unspecified atom stereocenters. The summed E-state index contributed by atoms with van der Waals surface area (Å²) in [6, 6.07) is 3.90. The number of fused-ring (bicyclic) bond motifs is 3. The standard InChI is InChI=1S/C16H16N4.C2H6/c1-9(17)12-7-13-11(6-15(12)18)4-3-5-16-14(13)8-19-10(2)20-16;1-2/h3-4,6-8,17H,5,18H2,1-2H3;1-2H3. The van der Waals surface area contributed by atoms with E-state index >= 15 is 0 Å². The molecule has 1 heterocycles. The molecule has 114 valence electrons. The van der Waals surface area contributed by atoms with E-state index in [1.807, 2.05) is 39.1 Å². The van der Waals surface area contributed by atoms with E-state index in [0.29, 0.717) is 11.4 Å². The van der Waals surface area contributed by atoms with Gasteiger partial charge in [0.25, 0.3) is 0 Å². The highest BCUT2D eigenvalue weighted by Gasteiger charge is 2.16. The average molecular weight is 294 g/mol. The van der Waals surface area contributed by atoms with Crippen LogP contribution in [0.1, 0.15) is 43.4 Å². The molecule has 3 N–H and O–H groups in total. The first-order valence-electron chi connectivity index (χ1n) is 7.54. The number of aryl methyl sites for hydroxylation is 1. The minimum atomic E-state index is 0.466. The van der Waals surface area contributed by atoms with Crippen LogP contribution in [0, 0.1) is 12.3 Å². The fourth-order valence-corrected chi connectivity index (χ4v) is 2.52. The summed E-state index contributed by atoms with van der Waals surface area (Å²) in [6.07, 6.45) is 6.80. The van der Waals surface area contributed by atoms with Gasteiger partial charge in [0, 0.05) is 35.1 Å². The lowest BCUT2D eigenvalue weighted by Gasteiger charge is -2.12. The van der Waals surface area contributed by atoms with E-state index in [-0.39, 0.29) is 0 Å².